The number of aryl methyl sites for hydroxylation is 6. The third-order valence-electron chi connectivity index (χ3n) is 12.3. The highest BCUT2D eigenvalue weighted by Gasteiger charge is 2.43. The Hall–Kier alpha value is -4.76. The van der Waals surface area contributed by atoms with Crippen LogP contribution in [0.5, 0.6) is 28.7 Å². The molecule has 8 rings (SSSR count). The molecule has 5 aromatic rings. The molecule has 0 aromatic heterocycles. The minimum atomic E-state index is -1.95. The van der Waals surface area contributed by atoms with Crippen LogP contribution in [-0.4, -0.2) is 0 Å². The fourth-order valence-electron chi connectivity index (χ4n) is 8.93. The van der Waals surface area contributed by atoms with Gasteiger partial charge >= 0.3 is 17.2 Å². The van der Waals surface area contributed by atoms with E-state index in [0.29, 0.717) is 0 Å². The molecular formula is C52H58O6P2. The zero-order chi connectivity index (χ0) is 41.6. The molecule has 0 spiro atoms. The van der Waals surface area contributed by atoms with E-state index in [2.05, 4.69) is 78.0 Å². The largest absolute Gasteiger partial charge is 0.530 e. The summed E-state index contributed by atoms with van der Waals surface area (Å²) < 4.78 is 42.1. The molecule has 1 fully saturated rings. The van der Waals surface area contributed by atoms with Gasteiger partial charge in [-0.25, -0.2) is 0 Å². The Balaban J connectivity index is 1.30. The molecule has 6 nitrogen and oxygen atoms in total. The Morgan fingerprint density at radius 3 is 1.52 bits per heavy atom. The fraction of sp³-hybridized carbons (Fsp3) is 0.346. The van der Waals surface area contributed by atoms with Crippen LogP contribution in [0.25, 0.3) is 0 Å². The summed E-state index contributed by atoms with van der Waals surface area (Å²) in [4.78, 5) is 0. The molecule has 5 aromatic carbocycles. The number of hydrogen-bond donors (Lipinski definition) is 0. The van der Waals surface area contributed by atoms with Crippen molar-refractivity contribution in [3.63, 3.8) is 0 Å². The third-order valence-corrected chi connectivity index (χ3v) is 14.3. The summed E-state index contributed by atoms with van der Waals surface area (Å²) in [5.41, 5.74) is 12.0. The molecule has 60 heavy (non-hydrogen) atoms. The van der Waals surface area contributed by atoms with Gasteiger partial charge in [0.05, 0.1) is 5.92 Å². The normalized spacial score (nSPS) is 17.4. The summed E-state index contributed by atoms with van der Waals surface area (Å²) in [5.74, 6) is 4.90. The minimum absolute atomic E-state index is 0.117. The zero-order valence-electron chi connectivity index (χ0n) is 36.0. The van der Waals surface area contributed by atoms with Crippen LogP contribution in [0.1, 0.15) is 109 Å². The molecule has 3 aliphatic rings. The average molecular weight is 841 g/mol. The Bertz CT molecular complexity index is 2270. The Morgan fingerprint density at radius 1 is 0.533 bits per heavy atom. The van der Waals surface area contributed by atoms with Crippen molar-refractivity contribution in [2.45, 2.75) is 112 Å². The summed E-state index contributed by atoms with van der Waals surface area (Å²) in [7, 11) is -3.89. The van der Waals surface area contributed by atoms with Crippen LogP contribution in [0, 0.1) is 33.6 Å². The lowest BCUT2D eigenvalue weighted by Crippen LogP contribution is -2.28. The summed E-state index contributed by atoms with van der Waals surface area (Å²) in [6.07, 6.45) is 12.9. The van der Waals surface area contributed by atoms with Crippen LogP contribution < -0.4 is 22.6 Å². The zero-order valence-corrected chi connectivity index (χ0v) is 37.8. The molecule has 3 aliphatic carbocycles. The van der Waals surface area contributed by atoms with E-state index in [1.54, 1.807) is 0 Å². The number of rotatable bonds is 15. The van der Waals surface area contributed by atoms with Crippen molar-refractivity contribution in [2.75, 3.05) is 0 Å². The lowest BCUT2D eigenvalue weighted by Gasteiger charge is -2.41. The van der Waals surface area contributed by atoms with E-state index < -0.39 is 17.2 Å². The van der Waals surface area contributed by atoms with Crippen LogP contribution in [0.15, 0.2) is 126 Å². The van der Waals surface area contributed by atoms with Gasteiger partial charge in [-0.3, -0.25) is 0 Å². The van der Waals surface area contributed by atoms with E-state index >= 15 is 0 Å². The SMILES string of the molecule is CCC1=C(OP(Oc2ccccc2C)Oc2ccccc2C)C(c2c3c(cc(CC)c2OP(Oc2ccccc2C)Oc2ccccc2C)CCCC3)C2CCCCC2=C1. The first kappa shape index (κ1) is 42.0. The van der Waals surface area contributed by atoms with Crippen molar-refractivity contribution in [1.82, 2.24) is 0 Å². The molecule has 2 unspecified atom stereocenters. The van der Waals surface area contributed by atoms with Gasteiger partial charge in [0.15, 0.2) is 0 Å². The molecule has 0 amide bonds. The van der Waals surface area contributed by atoms with Crippen LogP contribution in [-0.2, 0) is 23.8 Å². The molecular weight excluding hydrogens is 783 g/mol. The molecule has 2 atom stereocenters. The van der Waals surface area contributed by atoms with E-state index in [-0.39, 0.29) is 11.8 Å². The van der Waals surface area contributed by atoms with Crippen molar-refractivity contribution in [3.05, 3.63) is 171 Å². The van der Waals surface area contributed by atoms with Crippen molar-refractivity contribution >= 4 is 17.2 Å². The van der Waals surface area contributed by atoms with Crippen LogP contribution in [0.3, 0.4) is 0 Å². The van der Waals surface area contributed by atoms with Gasteiger partial charge in [-0.2, -0.15) is 0 Å². The average Bonchev–Trinajstić information content (AvgIpc) is 3.26. The summed E-state index contributed by atoms with van der Waals surface area (Å²) >= 11 is 0. The van der Waals surface area contributed by atoms with Gasteiger partial charge in [0.1, 0.15) is 34.5 Å². The molecule has 0 radical (unpaired) electrons. The summed E-state index contributed by atoms with van der Waals surface area (Å²) in [6, 6.07) is 34.8. The molecule has 0 saturated heterocycles. The molecule has 8 heteroatoms. The third kappa shape index (κ3) is 9.26. The maximum atomic E-state index is 7.42. The number of allylic oxidation sites excluding steroid dienone is 4. The molecule has 1 saturated carbocycles. The first-order chi connectivity index (χ1) is 29.3. The van der Waals surface area contributed by atoms with E-state index in [9.17, 15) is 0 Å². The Labute approximate surface area is 359 Å². The quantitative estimate of drug-likeness (QED) is 0.0979. The van der Waals surface area contributed by atoms with E-state index in [1.165, 1.54) is 46.2 Å². The van der Waals surface area contributed by atoms with Gasteiger partial charge in [0.25, 0.3) is 0 Å². The van der Waals surface area contributed by atoms with Gasteiger partial charge in [0.2, 0.25) is 0 Å². The second-order valence-corrected chi connectivity index (χ2v) is 18.3. The van der Waals surface area contributed by atoms with E-state index in [1.807, 2.05) is 72.8 Å². The van der Waals surface area contributed by atoms with Crippen LogP contribution >= 0.6 is 17.2 Å². The number of para-hydroxylation sites is 4. The first-order valence-electron chi connectivity index (χ1n) is 21.8. The predicted octanol–water partition coefficient (Wildman–Crippen LogP) is 15.4. The molecule has 0 aliphatic heterocycles. The van der Waals surface area contributed by atoms with Gasteiger partial charge < -0.3 is 27.1 Å². The Morgan fingerprint density at radius 2 is 1.02 bits per heavy atom. The molecule has 0 N–H and O–H groups in total. The number of benzene rings is 5. The standard InChI is InChI=1S/C52H58O6P2/c1-7-39-33-41-25-13-15-27-43(41)49(51(39)57-59(53-45-29-17-9-21-35(45)3)54-46-30-18-10-22-36(46)4)50-44-28-16-14-26-42(44)34-40(8-2)52(50)58-60(55-47-31-19-11-23-37(47)5)56-48-32-20-12-24-38(48)6/h9-12,17-24,29-34,43,49H,7-8,13-16,25-28H2,1-6H3. The Kier molecular flexibility index (Phi) is 13.5. The van der Waals surface area contributed by atoms with Gasteiger partial charge in [0, 0.05) is 5.56 Å². The number of fused-ring (bicyclic) bond motifs is 2. The second kappa shape index (κ2) is 19.3. The highest BCUT2D eigenvalue weighted by atomic mass is 31.2. The van der Waals surface area contributed by atoms with Crippen LogP contribution in [0.2, 0.25) is 0 Å². The van der Waals surface area contributed by atoms with E-state index in [4.69, 9.17) is 27.1 Å². The lowest BCUT2D eigenvalue weighted by molar-refractivity contribution is 0.270. The predicted molar refractivity (Wildman–Crippen MR) is 245 cm³/mol. The second-order valence-electron chi connectivity index (χ2n) is 16.3. The highest BCUT2D eigenvalue weighted by Crippen LogP contribution is 2.59. The highest BCUT2D eigenvalue weighted by molar-refractivity contribution is 7.43. The summed E-state index contributed by atoms with van der Waals surface area (Å²) in [5, 5.41) is 0. The lowest BCUT2D eigenvalue weighted by atomic mass is 9.66. The van der Waals surface area contributed by atoms with Crippen molar-refractivity contribution in [3.8, 4) is 28.7 Å². The number of hydrogen-bond acceptors (Lipinski definition) is 6. The van der Waals surface area contributed by atoms with Gasteiger partial charge in [-0.1, -0.05) is 111 Å². The molecule has 312 valence electrons. The van der Waals surface area contributed by atoms with Crippen LogP contribution in [0.4, 0.5) is 0 Å². The minimum Gasteiger partial charge on any atom is -0.412 e. The topological polar surface area (TPSA) is 55.4 Å². The first-order valence-corrected chi connectivity index (χ1v) is 24.0. The molecule has 0 heterocycles. The van der Waals surface area contributed by atoms with Crippen molar-refractivity contribution in [1.29, 1.82) is 0 Å². The van der Waals surface area contributed by atoms with Crippen molar-refractivity contribution in [2.24, 2.45) is 5.92 Å². The van der Waals surface area contributed by atoms with Gasteiger partial charge in [-0.15, -0.1) is 0 Å². The van der Waals surface area contributed by atoms with Gasteiger partial charge in [-0.05, 0) is 160 Å². The van der Waals surface area contributed by atoms with E-state index in [0.717, 1.165) is 108 Å². The summed E-state index contributed by atoms with van der Waals surface area (Å²) in [6.45, 7) is 12.7. The monoisotopic (exact) mass is 840 g/mol. The maximum Gasteiger partial charge on any atom is 0.530 e. The fourth-order valence-corrected chi connectivity index (χ4v) is 11.4. The van der Waals surface area contributed by atoms with Crippen molar-refractivity contribution < 1.29 is 27.1 Å². The maximum absolute atomic E-state index is 7.42. The smallest absolute Gasteiger partial charge is 0.412 e. The molecule has 0 bridgehead atoms.